The average Bonchev–Trinajstić information content (AvgIpc) is 2.81. The Balaban J connectivity index is 1.55. The number of methoxy groups -OCH3 is 2. The number of ether oxygens (including phenoxy) is 3. The molecule has 1 N–H and O–H groups in total. The smallest absolute Gasteiger partial charge is 0.286 e. The van der Waals surface area contributed by atoms with Gasteiger partial charge in [-0.25, -0.2) is 0 Å². The van der Waals surface area contributed by atoms with Gasteiger partial charge in [0.15, 0.2) is 11.5 Å². The standard InChI is InChI=1S/C22H27N3O6/c1-29-20-14-18(19(25(27)28)15-21(20)30-2)22(26)23-9-3-4-16-5-7-17(8-6-16)24-10-12-31-13-11-24/h5-8,14-15H,3-4,9-13H2,1-2H3,(H,23,26). The van der Waals surface area contributed by atoms with Gasteiger partial charge in [-0.3, -0.25) is 14.9 Å². The average molecular weight is 429 g/mol. The first-order valence-corrected chi connectivity index (χ1v) is 10.1. The molecule has 0 saturated carbocycles. The van der Waals surface area contributed by atoms with Crippen molar-refractivity contribution >= 4 is 17.3 Å². The lowest BCUT2D eigenvalue weighted by Gasteiger charge is -2.28. The van der Waals surface area contributed by atoms with E-state index < -0.39 is 10.8 Å². The Bertz CT molecular complexity index is 910. The minimum absolute atomic E-state index is 0.0579. The van der Waals surface area contributed by atoms with Crippen molar-refractivity contribution in [3.63, 3.8) is 0 Å². The van der Waals surface area contributed by atoms with Crippen molar-refractivity contribution in [1.29, 1.82) is 0 Å². The van der Waals surface area contributed by atoms with Crippen LogP contribution in [0.3, 0.4) is 0 Å². The summed E-state index contributed by atoms with van der Waals surface area (Å²) in [6.07, 6.45) is 1.50. The second kappa shape index (κ2) is 10.6. The summed E-state index contributed by atoms with van der Waals surface area (Å²) in [5, 5.41) is 14.1. The molecule has 9 nitrogen and oxygen atoms in total. The summed E-state index contributed by atoms with van der Waals surface area (Å²) in [4.78, 5) is 25.6. The summed E-state index contributed by atoms with van der Waals surface area (Å²) in [7, 11) is 2.80. The molecule has 0 bridgehead atoms. The molecule has 1 amide bonds. The van der Waals surface area contributed by atoms with Crippen LogP contribution in [0.5, 0.6) is 11.5 Å². The van der Waals surface area contributed by atoms with Crippen LogP contribution in [-0.4, -0.2) is 57.9 Å². The van der Waals surface area contributed by atoms with Crippen LogP contribution in [0.25, 0.3) is 0 Å². The molecule has 0 radical (unpaired) electrons. The zero-order chi connectivity index (χ0) is 22.2. The second-order valence-corrected chi connectivity index (χ2v) is 7.11. The van der Waals surface area contributed by atoms with Crippen molar-refractivity contribution in [2.75, 3.05) is 52.0 Å². The molecule has 3 rings (SSSR count). The van der Waals surface area contributed by atoms with Crippen molar-refractivity contribution in [2.45, 2.75) is 12.8 Å². The Hall–Kier alpha value is -3.33. The number of nitro benzene ring substituents is 1. The topological polar surface area (TPSA) is 103 Å². The van der Waals surface area contributed by atoms with Gasteiger partial charge in [0.2, 0.25) is 0 Å². The lowest BCUT2D eigenvalue weighted by atomic mass is 10.1. The Morgan fingerprint density at radius 3 is 2.39 bits per heavy atom. The van der Waals surface area contributed by atoms with Gasteiger partial charge in [0, 0.05) is 31.4 Å². The summed E-state index contributed by atoms with van der Waals surface area (Å²) >= 11 is 0. The number of benzene rings is 2. The van der Waals surface area contributed by atoms with Crippen molar-refractivity contribution < 1.29 is 23.9 Å². The van der Waals surface area contributed by atoms with Crippen LogP contribution in [0, 0.1) is 10.1 Å². The van der Waals surface area contributed by atoms with Crippen LogP contribution in [-0.2, 0) is 11.2 Å². The lowest BCUT2D eigenvalue weighted by molar-refractivity contribution is -0.385. The fraction of sp³-hybridized carbons (Fsp3) is 0.409. The highest BCUT2D eigenvalue weighted by atomic mass is 16.6. The molecule has 1 saturated heterocycles. The van der Waals surface area contributed by atoms with Gasteiger partial charge in [0.05, 0.1) is 38.4 Å². The maximum absolute atomic E-state index is 12.5. The van der Waals surface area contributed by atoms with Crippen molar-refractivity contribution in [3.05, 3.63) is 57.6 Å². The minimum Gasteiger partial charge on any atom is -0.493 e. The van der Waals surface area contributed by atoms with Gasteiger partial charge in [-0.1, -0.05) is 12.1 Å². The van der Waals surface area contributed by atoms with E-state index in [9.17, 15) is 14.9 Å². The molecule has 0 atom stereocenters. The first kappa shape index (κ1) is 22.4. The van der Waals surface area contributed by atoms with Gasteiger partial charge in [-0.2, -0.15) is 0 Å². The zero-order valence-corrected chi connectivity index (χ0v) is 17.8. The van der Waals surface area contributed by atoms with E-state index >= 15 is 0 Å². The van der Waals surface area contributed by atoms with Crippen LogP contribution in [0.1, 0.15) is 22.3 Å². The fourth-order valence-corrected chi connectivity index (χ4v) is 3.49. The summed E-state index contributed by atoms with van der Waals surface area (Å²) in [5.41, 5.74) is 1.97. The first-order valence-electron chi connectivity index (χ1n) is 10.1. The predicted molar refractivity (Wildman–Crippen MR) is 116 cm³/mol. The van der Waals surface area contributed by atoms with Gasteiger partial charge in [0.25, 0.3) is 11.6 Å². The molecule has 166 valence electrons. The number of amides is 1. The first-order chi connectivity index (χ1) is 15.0. The summed E-state index contributed by atoms with van der Waals surface area (Å²) < 4.78 is 15.6. The SMILES string of the molecule is COc1cc(C(=O)NCCCc2ccc(N3CCOCC3)cc2)c([N+](=O)[O-])cc1OC. The number of anilines is 1. The van der Waals surface area contributed by atoms with Gasteiger partial charge in [-0.15, -0.1) is 0 Å². The monoisotopic (exact) mass is 429 g/mol. The Morgan fingerprint density at radius 1 is 1.13 bits per heavy atom. The third-order valence-corrected chi connectivity index (χ3v) is 5.18. The number of carbonyl (C=O) groups is 1. The largest absolute Gasteiger partial charge is 0.493 e. The second-order valence-electron chi connectivity index (χ2n) is 7.11. The van der Waals surface area contributed by atoms with Crippen LogP contribution in [0.2, 0.25) is 0 Å². The molecule has 2 aromatic carbocycles. The van der Waals surface area contributed by atoms with E-state index in [0.29, 0.717) is 13.0 Å². The van der Waals surface area contributed by atoms with Gasteiger partial charge < -0.3 is 24.4 Å². The van der Waals surface area contributed by atoms with Crippen LogP contribution >= 0.6 is 0 Å². The van der Waals surface area contributed by atoms with Crippen LogP contribution in [0.4, 0.5) is 11.4 Å². The van der Waals surface area contributed by atoms with Gasteiger partial charge in [0.1, 0.15) is 5.56 Å². The van der Waals surface area contributed by atoms with E-state index in [1.165, 1.54) is 37.6 Å². The maximum atomic E-state index is 12.5. The quantitative estimate of drug-likeness (QED) is 0.371. The number of morpholine rings is 1. The minimum atomic E-state index is -0.604. The Morgan fingerprint density at radius 2 is 1.77 bits per heavy atom. The zero-order valence-electron chi connectivity index (χ0n) is 17.8. The maximum Gasteiger partial charge on any atom is 0.286 e. The number of nitrogens with zero attached hydrogens (tertiary/aromatic N) is 2. The van der Waals surface area contributed by atoms with E-state index in [0.717, 1.165) is 32.7 Å². The van der Waals surface area contributed by atoms with E-state index in [-0.39, 0.29) is 22.7 Å². The molecular formula is C22H27N3O6. The van der Waals surface area contributed by atoms with Crippen molar-refractivity contribution in [1.82, 2.24) is 5.32 Å². The molecule has 1 aliphatic heterocycles. The van der Waals surface area contributed by atoms with E-state index in [1.54, 1.807) is 0 Å². The van der Waals surface area contributed by atoms with Crippen molar-refractivity contribution in [2.24, 2.45) is 0 Å². The number of nitro groups is 1. The molecule has 1 aliphatic rings. The highest BCUT2D eigenvalue weighted by molar-refractivity contribution is 5.99. The summed E-state index contributed by atoms with van der Waals surface area (Å²) in [6.45, 7) is 3.69. The van der Waals surface area contributed by atoms with E-state index in [1.807, 2.05) is 0 Å². The molecule has 0 unspecified atom stereocenters. The van der Waals surface area contributed by atoms with E-state index in [2.05, 4.69) is 34.5 Å². The lowest BCUT2D eigenvalue weighted by Crippen LogP contribution is -2.36. The number of hydrogen-bond donors (Lipinski definition) is 1. The van der Waals surface area contributed by atoms with Crippen LogP contribution in [0.15, 0.2) is 36.4 Å². The molecule has 0 aliphatic carbocycles. The number of carbonyl (C=O) groups excluding carboxylic acids is 1. The van der Waals surface area contributed by atoms with Gasteiger partial charge in [-0.05, 0) is 30.5 Å². The molecule has 1 fully saturated rings. The molecule has 0 spiro atoms. The van der Waals surface area contributed by atoms with Gasteiger partial charge >= 0.3 is 0 Å². The number of nitrogens with one attached hydrogen (secondary N) is 1. The molecule has 31 heavy (non-hydrogen) atoms. The highest BCUT2D eigenvalue weighted by Gasteiger charge is 2.24. The fourth-order valence-electron chi connectivity index (χ4n) is 3.49. The third-order valence-electron chi connectivity index (χ3n) is 5.18. The Kier molecular flexibility index (Phi) is 7.66. The van der Waals surface area contributed by atoms with Crippen LogP contribution < -0.4 is 19.7 Å². The number of hydrogen-bond acceptors (Lipinski definition) is 7. The molecule has 1 heterocycles. The van der Waals surface area contributed by atoms with Crippen molar-refractivity contribution in [3.8, 4) is 11.5 Å². The number of aryl methyl sites for hydroxylation is 1. The normalized spacial score (nSPS) is 13.5. The number of rotatable bonds is 9. The van der Waals surface area contributed by atoms with E-state index in [4.69, 9.17) is 14.2 Å². The predicted octanol–water partition coefficient (Wildman–Crippen LogP) is 2.81. The molecule has 2 aromatic rings. The molecular weight excluding hydrogens is 402 g/mol. The highest BCUT2D eigenvalue weighted by Crippen LogP contribution is 2.34. The Labute approximate surface area is 181 Å². The third kappa shape index (κ3) is 5.64. The summed E-state index contributed by atoms with van der Waals surface area (Å²) in [5.74, 6) is -0.0554. The molecule has 9 heteroatoms. The summed E-state index contributed by atoms with van der Waals surface area (Å²) in [6, 6.07) is 10.9. The molecule has 0 aromatic heterocycles.